The molecule has 0 unspecified atom stereocenters. The van der Waals surface area contributed by atoms with Gasteiger partial charge in [-0.1, -0.05) is 24.8 Å². The Kier molecular flexibility index (Phi) is 3.80. The van der Waals surface area contributed by atoms with Crippen LogP contribution in [0.1, 0.15) is 12.0 Å². The van der Waals surface area contributed by atoms with Crippen LogP contribution in [-0.4, -0.2) is 11.7 Å². The van der Waals surface area contributed by atoms with Crippen molar-refractivity contribution < 1.29 is 9.84 Å². The summed E-state index contributed by atoms with van der Waals surface area (Å²) in [6, 6.07) is 7.20. The molecule has 0 radical (unpaired) electrons. The summed E-state index contributed by atoms with van der Waals surface area (Å²) in [5.41, 5.74) is 0.682. The minimum Gasteiger partial charge on any atom is -0.508 e. The van der Waals surface area contributed by atoms with Crippen molar-refractivity contribution in [1.82, 2.24) is 0 Å². The number of benzene rings is 1. The van der Waals surface area contributed by atoms with E-state index in [1.807, 2.05) is 12.1 Å². The zero-order valence-corrected chi connectivity index (χ0v) is 8.07. The van der Waals surface area contributed by atoms with E-state index in [2.05, 4.69) is 13.2 Å². The molecule has 0 aromatic heterocycles. The lowest BCUT2D eigenvalue weighted by Crippen LogP contribution is -1.95. The molecule has 1 N–H and O–H groups in total. The maximum absolute atomic E-state index is 9.15. The lowest BCUT2D eigenvalue weighted by Gasteiger charge is -2.05. The van der Waals surface area contributed by atoms with Crippen molar-refractivity contribution in [1.29, 1.82) is 0 Å². The van der Waals surface area contributed by atoms with Gasteiger partial charge in [0.1, 0.15) is 11.5 Å². The van der Waals surface area contributed by atoms with Gasteiger partial charge in [0, 0.05) is 5.56 Å². The van der Waals surface area contributed by atoms with E-state index in [-0.39, 0.29) is 5.76 Å². The number of hydrogen-bond donors (Lipinski definition) is 1. The topological polar surface area (TPSA) is 29.5 Å². The minimum absolute atomic E-state index is 0.0548. The number of rotatable bonds is 5. The summed E-state index contributed by atoms with van der Waals surface area (Å²) in [7, 11) is 0. The molecule has 1 aromatic carbocycles. The molecule has 1 rings (SSSR count). The van der Waals surface area contributed by atoms with E-state index < -0.39 is 0 Å². The summed E-state index contributed by atoms with van der Waals surface area (Å²) < 4.78 is 5.41. The smallest absolute Gasteiger partial charge is 0.120 e. The zero-order chi connectivity index (χ0) is 10.4. The van der Waals surface area contributed by atoms with E-state index in [1.165, 1.54) is 0 Å². The fourth-order valence-electron chi connectivity index (χ4n) is 1.03. The summed E-state index contributed by atoms with van der Waals surface area (Å²) >= 11 is 0. The third kappa shape index (κ3) is 2.98. The van der Waals surface area contributed by atoms with Crippen LogP contribution in [0.2, 0.25) is 0 Å². The molecule has 2 heteroatoms. The van der Waals surface area contributed by atoms with Crippen LogP contribution in [0.4, 0.5) is 0 Å². The SMILES string of the molecule is C=CCCOc1cccc(C(=C)O)c1. The molecule has 0 bridgehead atoms. The molecular formula is C12H14O2. The standard InChI is InChI=1S/C12H14O2/c1-3-4-8-14-12-7-5-6-11(9-12)10(2)13/h3,5-7,9,13H,1-2,4,8H2. The van der Waals surface area contributed by atoms with Crippen LogP contribution >= 0.6 is 0 Å². The average molecular weight is 190 g/mol. The molecule has 0 aliphatic heterocycles. The number of aliphatic hydroxyl groups is 1. The molecule has 1 aromatic rings. The molecule has 0 saturated carbocycles. The molecule has 0 fully saturated rings. The van der Waals surface area contributed by atoms with Crippen LogP contribution in [0, 0.1) is 0 Å². The molecule has 0 amide bonds. The largest absolute Gasteiger partial charge is 0.508 e. The van der Waals surface area contributed by atoms with Gasteiger partial charge in [-0.25, -0.2) is 0 Å². The minimum atomic E-state index is 0.0548. The molecular weight excluding hydrogens is 176 g/mol. The number of hydrogen-bond acceptors (Lipinski definition) is 2. The van der Waals surface area contributed by atoms with Gasteiger partial charge in [-0.3, -0.25) is 0 Å². The van der Waals surface area contributed by atoms with E-state index in [4.69, 9.17) is 9.84 Å². The van der Waals surface area contributed by atoms with Crippen LogP contribution in [0.5, 0.6) is 5.75 Å². The van der Waals surface area contributed by atoms with Gasteiger partial charge in [-0.2, -0.15) is 0 Å². The zero-order valence-electron chi connectivity index (χ0n) is 8.07. The third-order valence-electron chi connectivity index (χ3n) is 1.76. The Bertz CT molecular complexity index is 329. The molecule has 74 valence electrons. The van der Waals surface area contributed by atoms with Crippen molar-refractivity contribution in [3.8, 4) is 5.75 Å². The van der Waals surface area contributed by atoms with Crippen molar-refractivity contribution in [3.63, 3.8) is 0 Å². The number of aliphatic hydroxyl groups excluding tert-OH is 1. The quantitative estimate of drug-likeness (QED) is 0.439. The normalized spacial score (nSPS) is 9.43. The van der Waals surface area contributed by atoms with Gasteiger partial charge in [-0.15, -0.1) is 6.58 Å². The van der Waals surface area contributed by atoms with Crippen LogP contribution in [-0.2, 0) is 0 Å². The van der Waals surface area contributed by atoms with Crippen molar-refractivity contribution in [2.75, 3.05) is 6.61 Å². The van der Waals surface area contributed by atoms with E-state index in [0.29, 0.717) is 12.2 Å². The predicted octanol–water partition coefficient (Wildman–Crippen LogP) is 3.17. The van der Waals surface area contributed by atoms with Crippen molar-refractivity contribution in [2.45, 2.75) is 6.42 Å². The molecule has 0 heterocycles. The van der Waals surface area contributed by atoms with Gasteiger partial charge in [0.2, 0.25) is 0 Å². The molecule has 0 aliphatic rings. The summed E-state index contributed by atoms with van der Waals surface area (Å²) in [4.78, 5) is 0. The van der Waals surface area contributed by atoms with Crippen LogP contribution in [0.3, 0.4) is 0 Å². The first kappa shape index (κ1) is 10.4. The Labute approximate surface area is 84.1 Å². The second-order valence-corrected chi connectivity index (χ2v) is 2.90. The van der Waals surface area contributed by atoms with E-state index >= 15 is 0 Å². The van der Waals surface area contributed by atoms with Gasteiger partial charge in [-0.05, 0) is 18.6 Å². The first-order valence-corrected chi connectivity index (χ1v) is 4.46. The number of ether oxygens (including phenoxy) is 1. The van der Waals surface area contributed by atoms with Crippen molar-refractivity contribution >= 4 is 5.76 Å². The highest BCUT2D eigenvalue weighted by atomic mass is 16.5. The first-order chi connectivity index (χ1) is 6.74. The highest BCUT2D eigenvalue weighted by Gasteiger charge is 1.98. The summed E-state index contributed by atoms with van der Waals surface area (Å²) in [5, 5.41) is 9.15. The highest BCUT2D eigenvalue weighted by Crippen LogP contribution is 2.17. The fourth-order valence-corrected chi connectivity index (χ4v) is 1.03. The fraction of sp³-hybridized carbons (Fsp3) is 0.167. The van der Waals surface area contributed by atoms with E-state index in [1.54, 1.807) is 18.2 Å². The van der Waals surface area contributed by atoms with Gasteiger partial charge < -0.3 is 9.84 Å². The Hall–Kier alpha value is -1.70. The lowest BCUT2D eigenvalue weighted by atomic mass is 10.2. The summed E-state index contributed by atoms with van der Waals surface area (Å²) in [6.45, 7) is 7.65. The molecule has 0 atom stereocenters. The van der Waals surface area contributed by atoms with Crippen LogP contribution in [0.15, 0.2) is 43.5 Å². The predicted molar refractivity (Wildman–Crippen MR) is 58.4 cm³/mol. The van der Waals surface area contributed by atoms with Gasteiger partial charge in [0.05, 0.1) is 6.61 Å². The van der Waals surface area contributed by atoms with Crippen molar-refractivity contribution in [2.24, 2.45) is 0 Å². The molecule has 0 aliphatic carbocycles. The van der Waals surface area contributed by atoms with E-state index in [0.717, 1.165) is 12.2 Å². The maximum Gasteiger partial charge on any atom is 0.120 e. The summed E-state index contributed by atoms with van der Waals surface area (Å²) in [6.07, 6.45) is 2.61. The second kappa shape index (κ2) is 5.12. The maximum atomic E-state index is 9.15. The Morgan fingerprint density at radius 1 is 1.50 bits per heavy atom. The van der Waals surface area contributed by atoms with Crippen LogP contribution in [0.25, 0.3) is 5.76 Å². The Balaban J connectivity index is 2.63. The molecule has 0 saturated heterocycles. The molecule has 2 nitrogen and oxygen atoms in total. The van der Waals surface area contributed by atoms with Gasteiger partial charge >= 0.3 is 0 Å². The molecule has 0 spiro atoms. The second-order valence-electron chi connectivity index (χ2n) is 2.90. The Morgan fingerprint density at radius 2 is 2.29 bits per heavy atom. The first-order valence-electron chi connectivity index (χ1n) is 4.46. The highest BCUT2D eigenvalue weighted by molar-refractivity contribution is 5.57. The van der Waals surface area contributed by atoms with Crippen molar-refractivity contribution in [3.05, 3.63) is 49.1 Å². The monoisotopic (exact) mass is 190 g/mol. The molecule has 14 heavy (non-hydrogen) atoms. The van der Waals surface area contributed by atoms with Gasteiger partial charge in [0.25, 0.3) is 0 Å². The van der Waals surface area contributed by atoms with E-state index in [9.17, 15) is 0 Å². The summed E-state index contributed by atoms with van der Waals surface area (Å²) in [5.74, 6) is 0.790. The Morgan fingerprint density at radius 3 is 2.93 bits per heavy atom. The van der Waals surface area contributed by atoms with Gasteiger partial charge in [0.15, 0.2) is 0 Å². The van der Waals surface area contributed by atoms with Crippen LogP contribution < -0.4 is 4.74 Å². The average Bonchev–Trinajstić information content (AvgIpc) is 2.19. The lowest BCUT2D eigenvalue weighted by molar-refractivity contribution is 0.325. The third-order valence-corrected chi connectivity index (χ3v) is 1.76.